The van der Waals surface area contributed by atoms with Gasteiger partial charge in [-0.15, -0.1) is 0 Å². The van der Waals surface area contributed by atoms with Gasteiger partial charge in [0.15, 0.2) is 0 Å². The van der Waals surface area contributed by atoms with Crippen LogP contribution in [0.15, 0.2) is 46.0 Å². The Kier molecular flexibility index (Phi) is 4.07. The maximum Gasteiger partial charge on any atom is 0.133 e. The smallest absolute Gasteiger partial charge is 0.133 e. The van der Waals surface area contributed by atoms with E-state index in [0.717, 1.165) is 39.0 Å². The first-order valence-electron chi connectivity index (χ1n) is 7.04. The van der Waals surface area contributed by atoms with Gasteiger partial charge in [-0.05, 0) is 52.7 Å². The second-order valence-electron chi connectivity index (χ2n) is 5.36. The summed E-state index contributed by atoms with van der Waals surface area (Å²) in [5.74, 6) is 1.07. The SMILES string of the molecule is COc1ccc([C@H]2CC(c3cc(C)ccc3O)=NN2)cc1Br. The van der Waals surface area contributed by atoms with Crippen molar-refractivity contribution in [3.63, 3.8) is 0 Å². The highest BCUT2D eigenvalue weighted by molar-refractivity contribution is 9.10. The van der Waals surface area contributed by atoms with E-state index in [2.05, 4.69) is 26.5 Å². The predicted molar refractivity (Wildman–Crippen MR) is 90.6 cm³/mol. The van der Waals surface area contributed by atoms with Crippen LogP contribution in [0.1, 0.15) is 29.2 Å². The van der Waals surface area contributed by atoms with Crippen LogP contribution in [0.4, 0.5) is 0 Å². The van der Waals surface area contributed by atoms with Gasteiger partial charge in [-0.2, -0.15) is 5.10 Å². The van der Waals surface area contributed by atoms with E-state index in [9.17, 15) is 5.11 Å². The minimum absolute atomic E-state index is 0.0946. The summed E-state index contributed by atoms with van der Waals surface area (Å²) in [5.41, 5.74) is 7.04. The number of rotatable bonds is 3. The molecule has 0 amide bonds. The molecule has 0 saturated heterocycles. The van der Waals surface area contributed by atoms with Crippen LogP contribution in [0.2, 0.25) is 0 Å². The lowest BCUT2D eigenvalue weighted by atomic mass is 9.97. The molecule has 0 unspecified atom stereocenters. The highest BCUT2D eigenvalue weighted by Crippen LogP contribution is 2.32. The molecule has 1 aliphatic heterocycles. The summed E-state index contributed by atoms with van der Waals surface area (Å²) in [6, 6.07) is 11.6. The quantitative estimate of drug-likeness (QED) is 0.872. The molecule has 1 atom stereocenters. The first-order chi connectivity index (χ1) is 10.6. The number of hydrazone groups is 1. The number of phenols is 1. The van der Waals surface area contributed by atoms with Crippen molar-refractivity contribution < 1.29 is 9.84 Å². The molecule has 2 aromatic rings. The summed E-state index contributed by atoms with van der Waals surface area (Å²) in [5, 5.41) is 14.4. The summed E-state index contributed by atoms with van der Waals surface area (Å²) in [4.78, 5) is 0. The Hall–Kier alpha value is -2.01. The summed E-state index contributed by atoms with van der Waals surface area (Å²) in [7, 11) is 1.65. The van der Waals surface area contributed by atoms with Crippen molar-refractivity contribution in [2.75, 3.05) is 7.11 Å². The van der Waals surface area contributed by atoms with Crippen LogP contribution in [0.25, 0.3) is 0 Å². The van der Waals surface area contributed by atoms with E-state index >= 15 is 0 Å². The minimum atomic E-state index is 0.0946. The Morgan fingerprint density at radius 1 is 1.27 bits per heavy atom. The van der Waals surface area contributed by atoms with E-state index in [-0.39, 0.29) is 11.8 Å². The summed E-state index contributed by atoms with van der Waals surface area (Å²) in [6.45, 7) is 2.00. The molecular formula is C17H17BrN2O2. The standard InChI is InChI=1S/C17H17BrN2O2/c1-10-3-5-16(21)12(7-10)15-9-14(19-20-15)11-4-6-17(22-2)13(18)8-11/h3-8,14,19,21H,9H2,1-2H3/t14-/m1/s1. The van der Waals surface area contributed by atoms with Crippen molar-refractivity contribution >= 4 is 21.6 Å². The zero-order valence-electron chi connectivity index (χ0n) is 12.4. The monoisotopic (exact) mass is 360 g/mol. The van der Waals surface area contributed by atoms with Gasteiger partial charge in [0.1, 0.15) is 11.5 Å². The average molecular weight is 361 g/mol. The fourth-order valence-corrected chi connectivity index (χ4v) is 3.14. The number of hydrogen-bond donors (Lipinski definition) is 2. The van der Waals surface area contributed by atoms with Crippen molar-refractivity contribution in [1.29, 1.82) is 0 Å². The van der Waals surface area contributed by atoms with Gasteiger partial charge < -0.3 is 15.3 Å². The third-order valence-corrected chi connectivity index (χ3v) is 4.41. The molecule has 4 nitrogen and oxygen atoms in total. The molecule has 3 rings (SSSR count). The van der Waals surface area contributed by atoms with E-state index in [1.54, 1.807) is 13.2 Å². The number of ether oxygens (including phenoxy) is 1. The number of methoxy groups -OCH3 is 1. The molecule has 22 heavy (non-hydrogen) atoms. The van der Waals surface area contributed by atoms with E-state index < -0.39 is 0 Å². The molecule has 1 heterocycles. The van der Waals surface area contributed by atoms with Crippen LogP contribution >= 0.6 is 15.9 Å². The largest absolute Gasteiger partial charge is 0.507 e. The van der Waals surface area contributed by atoms with Crippen molar-refractivity contribution in [3.8, 4) is 11.5 Å². The second-order valence-corrected chi connectivity index (χ2v) is 6.21. The predicted octanol–water partition coefficient (Wildman–Crippen LogP) is 3.91. The summed E-state index contributed by atoms with van der Waals surface area (Å²) >= 11 is 3.51. The van der Waals surface area contributed by atoms with Crippen LogP contribution in [-0.2, 0) is 0 Å². The third kappa shape index (κ3) is 2.81. The molecule has 0 fully saturated rings. The Morgan fingerprint density at radius 2 is 2.09 bits per heavy atom. The zero-order valence-corrected chi connectivity index (χ0v) is 14.0. The lowest BCUT2D eigenvalue weighted by Gasteiger charge is -2.12. The number of aryl methyl sites for hydroxylation is 1. The van der Waals surface area contributed by atoms with E-state index in [1.807, 2.05) is 37.3 Å². The molecule has 0 radical (unpaired) electrons. The topological polar surface area (TPSA) is 53.9 Å². The highest BCUT2D eigenvalue weighted by atomic mass is 79.9. The average Bonchev–Trinajstić information content (AvgIpc) is 2.99. The normalized spacial score (nSPS) is 17.0. The molecule has 2 N–H and O–H groups in total. The lowest BCUT2D eigenvalue weighted by molar-refractivity contribution is 0.411. The molecule has 0 spiro atoms. The van der Waals surface area contributed by atoms with Crippen LogP contribution in [-0.4, -0.2) is 17.9 Å². The van der Waals surface area contributed by atoms with Gasteiger partial charge in [0, 0.05) is 12.0 Å². The summed E-state index contributed by atoms with van der Waals surface area (Å²) < 4.78 is 6.17. The number of benzene rings is 2. The minimum Gasteiger partial charge on any atom is -0.507 e. The molecule has 2 aromatic carbocycles. The van der Waals surface area contributed by atoms with Crippen molar-refractivity contribution in [1.82, 2.24) is 5.43 Å². The molecule has 114 valence electrons. The number of nitrogens with zero attached hydrogens (tertiary/aromatic N) is 1. The van der Waals surface area contributed by atoms with Gasteiger partial charge in [0.2, 0.25) is 0 Å². The maximum atomic E-state index is 10.0. The zero-order chi connectivity index (χ0) is 15.7. The van der Waals surface area contributed by atoms with E-state index in [0.29, 0.717) is 0 Å². The molecule has 5 heteroatoms. The van der Waals surface area contributed by atoms with Gasteiger partial charge in [-0.3, -0.25) is 0 Å². The second kappa shape index (κ2) is 6.01. The Labute approximate surface area is 137 Å². The summed E-state index contributed by atoms with van der Waals surface area (Å²) in [6.07, 6.45) is 0.732. The highest BCUT2D eigenvalue weighted by Gasteiger charge is 2.23. The molecule has 0 saturated carbocycles. The molecular weight excluding hydrogens is 344 g/mol. The maximum absolute atomic E-state index is 10.0. The molecule has 0 aliphatic carbocycles. The first kappa shape index (κ1) is 14.9. The Balaban J connectivity index is 1.82. The Bertz CT molecular complexity index is 743. The molecule has 1 aliphatic rings. The number of hydrogen-bond acceptors (Lipinski definition) is 4. The third-order valence-electron chi connectivity index (χ3n) is 3.79. The lowest BCUT2D eigenvalue weighted by Crippen LogP contribution is -2.10. The van der Waals surface area contributed by atoms with Gasteiger partial charge in [0.25, 0.3) is 0 Å². The van der Waals surface area contributed by atoms with Gasteiger partial charge in [0.05, 0.1) is 23.3 Å². The van der Waals surface area contributed by atoms with Gasteiger partial charge in [-0.25, -0.2) is 0 Å². The first-order valence-corrected chi connectivity index (χ1v) is 7.83. The number of nitrogens with one attached hydrogen (secondary N) is 1. The van der Waals surface area contributed by atoms with Crippen LogP contribution < -0.4 is 10.2 Å². The fraction of sp³-hybridized carbons (Fsp3) is 0.235. The van der Waals surface area contributed by atoms with Crippen molar-refractivity contribution in [2.45, 2.75) is 19.4 Å². The molecule has 0 aromatic heterocycles. The van der Waals surface area contributed by atoms with Crippen molar-refractivity contribution in [2.24, 2.45) is 5.10 Å². The number of aromatic hydroxyl groups is 1. The number of halogens is 1. The van der Waals surface area contributed by atoms with Crippen LogP contribution in [0, 0.1) is 6.92 Å². The van der Waals surface area contributed by atoms with Gasteiger partial charge in [-0.1, -0.05) is 17.7 Å². The van der Waals surface area contributed by atoms with Crippen molar-refractivity contribution in [3.05, 3.63) is 57.6 Å². The van der Waals surface area contributed by atoms with E-state index in [1.165, 1.54) is 0 Å². The number of phenolic OH excluding ortho intramolecular Hbond substituents is 1. The van der Waals surface area contributed by atoms with Crippen LogP contribution in [0.5, 0.6) is 11.5 Å². The van der Waals surface area contributed by atoms with Crippen LogP contribution in [0.3, 0.4) is 0 Å². The van der Waals surface area contributed by atoms with E-state index in [4.69, 9.17) is 4.74 Å². The molecule has 0 bridgehead atoms. The Morgan fingerprint density at radius 3 is 2.82 bits per heavy atom. The van der Waals surface area contributed by atoms with Gasteiger partial charge >= 0.3 is 0 Å². The fourth-order valence-electron chi connectivity index (χ4n) is 2.58.